The molecule has 2 amide bonds. The molecule has 0 bridgehead atoms. The van der Waals surface area contributed by atoms with Crippen LogP contribution in [0.15, 0.2) is 40.8 Å². The van der Waals surface area contributed by atoms with E-state index in [4.69, 9.17) is 4.42 Å². The number of aryl methyl sites for hydroxylation is 2. The maximum absolute atomic E-state index is 12.7. The number of rotatable bonds is 7. The van der Waals surface area contributed by atoms with Gasteiger partial charge in [0.25, 0.3) is 5.91 Å². The third-order valence-electron chi connectivity index (χ3n) is 4.07. The summed E-state index contributed by atoms with van der Waals surface area (Å²) in [6.07, 6.45) is 0.270. The van der Waals surface area contributed by atoms with Crippen molar-refractivity contribution in [1.82, 2.24) is 10.2 Å². The van der Waals surface area contributed by atoms with Crippen molar-refractivity contribution in [3.63, 3.8) is 0 Å². The van der Waals surface area contributed by atoms with Gasteiger partial charge in [-0.25, -0.2) is 0 Å². The van der Waals surface area contributed by atoms with Gasteiger partial charge in [-0.15, -0.1) is 0 Å². The Bertz CT molecular complexity index is 720. The molecule has 1 N–H and O–H groups in total. The van der Waals surface area contributed by atoms with E-state index in [-0.39, 0.29) is 24.3 Å². The number of nitrogens with one attached hydrogen (secondary N) is 1. The van der Waals surface area contributed by atoms with Crippen LogP contribution in [0.3, 0.4) is 0 Å². The van der Waals surface area contributed by atoms with Crippen molar-refractivity contribution in [2.75, 3.05) is 6.54 Å². The van der Waals surface area contributed by atoms with Gasteiger partial charge in [0, 0.05) is 25.6 Å². The van der Waals surface area contributed by atoms with Gasteiger partial charge in [-0.1, -0.05) is 30.3 Å². The number of benzene rings is 1. The second-order valence-corrected chi connectivity index (χ2v) is 6.43. The summed E-state index contributed by atoms with van der Waals surface area (Å²) in [7, 11) is 0. The molecule has 0 unspecified atom stereocenters. The molecule has 0 aliphatic rings. The fraction of sp³-hybridized carbons (Fsp3) is 0.400. The van der Waals surface area contributed by atoms with Gasteiger partial charge < -0.3 is 14.6 Å². The highest BCUT2D eigenvalue weighted by atomic mass is 16.3. The Balaban J connectivity index is 1.92. The van der Waals surface area contributed by atoms with Crippen LogP contribution in [0, 0.1) is 13.8 Å². The van der Waals surface area contributed by atoms with Crippen molar-refractivity contribution >= 4 is 11.8 Å². The number of carbonyl (C=O) groups is 2. The predicted molar refractivity (Wildman–Crippen MR) is 97.3 cm³/mol. The molecular weight excluding hydrogens is 316 g/mol. The second kappa shape index (κ2) is 8.51. The average Bonchev–Trinajstić information content (AvgIpc) is 2.92. The van der Waals surface area contributed by atoms with E-state index < -0.39 is 0 Å². The van der Waals surface area contributed by atoms with E-state index >= 15 is 0 Å². The average molecular weight is 342 g/mol. The van der Waals surface area contributed by atoms with Crippen LogP contribution in [-0.4, -0.2) is 29.3 Å². The molecule has 1 aromatic carbocycles. The fourth-order valence-corrected chi connectivity index (χ4v) is 2.70. The normalized spacial score (nSPS) is 10.8. The quantitative estimate of drug-likeness (QED) is 0.838. The molecule has 1 heterocycles. The van der Waals surface area contributed by atoms with Crippen molar-refractivity contribution in [3.05, 3.63) is 59.0 Å². The van der Waals surface area contributed by atoms with Gasteiger partial charge >= 0.3 is 0 Å². The molecular formula is C20H26N2O3. The lowest BCUT2D eigenvalue weighted by Crippen LogP contribution is -2.39. The van der Waals surface area contributed by atoms with Crippen LogP contribution in [-0.2, 0) is 11.3 Å². The Labute approximate surface area is 149 Å². The van der Waals surface area contributed by atoms with Crippen LogP contribution in [0.1, 0.15) is 47.7 Å². The lowest BCUT2D eigenvalue weighted by atomic mass is 10.1. The summed E-state index contributed by atoms with van der Waals surface area (Å²) in [5.74, 6) is 1.16. The Morgan fingerprint density at radius 2 is 1.84 bits per heavy atom. The van der Waals surface area contributed by atoms with E-state index in [1.165, 1.54) is 0 Å². The zero-order valence-electron chi connectivity index (χ0n) is 15.3. The van der Waals surface area contributed by atoms with Gasteiger partial charge in [0.05, 0.1) is 5.56 Å². The SMILES string of the molecule is Cc1cc(C(=O)N(CCC(=O)NCc2ccccc2)C(C)C)c(C)o1. The molecule has 0 aliphatic heterocycles. The lowest BCUT2D eigenvalue weighted by molar-refractivity contribution is -0.121. The molecule has 0 atom stereocenters. The molecule has 2 rings (SSSR count). The van der Waals surface area contributed by atoms with Crippen molar-refractivity contribution in [2.45, 2.75) is 46.7 Å². The topological polar surface area (TPSA) is 62.6 Å². The standard InChI is InChI=1S/C20H26N2O3/c1-14(2)22(20(24)18-12-15(3)25-16(18)4)11-10-19(23)21-13-17-8-6-5-7-9-17/h5-9,12,14H,10-11,13H2,1-4H3,(H,21,23). The number of carbonyl (C=O) groups excluding carboxylic acids is 2. The largest absolute Gasteiger partial charge is 0.466 e. The summed E-state index contributed by atoms with van der Waals surface area (Å²) in [5, 5.41) is 2.89. The molecule has 5 heteroatoms. The first-order valence-electron chi connectivity index (χ1n) is 8.57. The zero-order valence-corrected chi connectivity index (χ0v) is 15.3. The summed E-state index contributed by atoms with van der Waals surface area (Å²) in [4.78, 5) is 26.6. The van der Waals surface area contributed by atoms with E-state index in [1.807, 2.05) is 51.1 Å². The highest BCUT2D eigenvalue weighted by molar-refractivity contribution is 5.95. The van der Waals surface area contributed by atoms with E-state index in [2.05, 4.69) is 5.32 Å². The molecule has 5 nitrogen and oxygen atoms in total. The predicted octanol–water partition coefficient (Wildman–Crippen LogP) is 3.45. The second-order valence-electron chi connectivity index (χ2n) is 6.43. The maximum Gasteiger partial charge on any atom is 0.257 e. The fourth-order valence-electron chi connectivity index (χ4n) is 2.70. The van der Waals surface area contributed by atoms with Gasteiger partial charge in [-0.2, -0.15) is 0 Å². The minimum absolute atomic E-state index is 0.00373. The third-order valence-corrected chi connectivity index (χ3v) is 4.07. The van der Waals surface area contributed by atoms with Crippen LogP contribution >= 0.6 is 0 Å². The molecule has 25 heavy (non-hydrogen) atoms. The zero-order chi connectivity index (χ0) is 18.4. The Morgan fingerprint density at radius 1 is 1.16 bits per heavy atom. The smallest absolute Gasteiger partial charge is 0.257 e. The number of nitrogens with zero attached hydrogens (tertiary/aromatic N) is 1. The summed E-state index contributed by atoms with van der Waals surface area (Å²) in [5.41, 5.74) is 1.62. The maximum atomic E-state index is 12.7. The van der Waals surface area contributed by atoms with E-state index in [0.717, 1.165) is 5.56 Å². The van der Waals surface area contributed by atoms with E-state index in [9.17, 15) is 9.59 Å². The number of amides is 2. The monoisotopic (exact) mass is 342 g/mol. The first kappa shape index (κ1) is 18.8. The highest BCUT2D eigenvalue weighted by Crippen LogP contribution is 2.17. The van der Waals surface area contributed by atoms with Crippen molar-refractivity contribution < 1.29 is 14.0 Å². The molecule has 0 radical (unpaired) electrons. The first-order chi connectivity index (χ1) is 11.9. The van der Waals surface area contributed by atoms with Gasteiger partial charge in [0.15, 0.2) is 0 Å². The summed E-state index contributed by atoms with van der Waals surface area (Å²) >= 11 is 0. The Kier molecular flexibility index (Phi) is 6.39. The summed E-state index contributed by atoms with van der Waals surface area (Å²) in [6, 6.07) is 11.5. The molecule has 134 valence electrons. The van der Waals surface area contributed by atoms with Crippen LogP contribution < -0.4 is 5.32 Å². The summed E-state index contributed by atoms with van der Waals surface area (Å²) < 4.78 is 5.45. The van der Waals surface area contributed by atoms with Crippen LogP contribution in [0.25, 0.3) is 0 Å². The van der Waals surface area contributed by atoms with Gasteiger partial charge in [0.2, 0.25) is 5.91 Å². The van der Waals surface area contributed by atoms with E-state index in [1.54, 1.807) is 17.9 Å². The first-order valence-corrected chi connectivity index (χ1v) is 8.57. The number of hydrogen-bond acceptors (Lipinski definition) is 3. The molecule has 0 aliphatic carbocycles. The molecule has 0 fully saturated rings. The molecule has 2 aromatic rings. The Hall–Kier alpha value is -2.56. The lowest BCUT2D eigenvalue weighted by Gasteiger charge is -2.26. The van der Waals surface area contributed by atoms with Crippen LogP contribution in [0.4, 0.5) is 0 Å². The molecule has 0 spiro atoms. The minimum Gasteiger partial charge on any atom is -0.466 e. The van der Waals surface area contributed by atoms with Crippen molar-refractivity contribution in [3.8, 4) is 0 Å². The molecule has 0 saturated carbocycles. The summed E-state index contributed by atoms with van der Waals surface area (Å²) in [6.45, 7) is 8.37. The van der Waals surface area contributed by atoms with Crippen LogP contribution in [0.5, 0.6) is 0 Å². The third kappa shape index (κ3) is 5.21. The molecule has 1 aromatic heterocycles. The van der Waals surface area contributed by atoms with Gasteiger partial charge in [0.1, 0.15) is 11.5 Å². The Morgan fingerprint density at radius 3 is 2.40 bits per heavy atom. The van der Waals surface area contributed by atoms with Crippen LogP contribution in [0.2, 0.25) is 0 Å². The highest BCUT2D eigenvalue weighted by Gasteiger charge is 2.23. The van der Waals surface area contributed by atoms with Gasteiger partial charge in [-0.05, 0) is 39.3 Å². The number of hydrogen-bond donors (Lipinski definition) is 1. The van der Waals surface area contributed by atoms with E-state index in [0.29, 0.717) is 30.2 Å². The van der Waals surface area contributed by atoms with Gasteiger partial charge in [-0.3, -0.25) is 9.59 Å². The van der Waals surface area contributed by atoms with Crippen molar-refractivity contribution in [1.29, 1.82) is 0 Å². The molecule has 0 saturated heterocycles. The number of furan rings is 1. The van der Waals surface area contributed by atoms with Crippen molar-refractivity contribution in [2.24, 2.45) is 0 Å². The minimum atomic E-state index is -0.0970.